The maximum absolute atomic E-state index is 12.4. The molecule has 1 heterocycles. The summed E-state index contributed by atoms with van der Waals surface area (Å²) in [5.74, 6) is 0.181. The zero-order valence-corrected chi connectivity index (χ0v) is 15.2. The van der Waals surface area contributed by atoms with Crippen molar-refractivity contribution in [2.75, 3.05) is 14.2 Å². The largest absolute Gasteiger partial charge is 0.493 e. The summed E-state index contributed by atoms with van der Waals surface area (Å²) in [6.45, 7) is -2.08. The van der Waals surface area contributed by atoms with Crippen molar-refractivity contribution in [2.45, 2.75) is 19.8 Å². The van der Waals surface area contributed by atoms with E-state index in [1.807, 2.05) is 11.9 Å². The number of nitrogens with zero attached hydrogens (tertiary/aromatic N) is 4. The fraction of sp³-hybridized carbons (Fsp3) is 0.278. The van der Waals surface area contributed by atoms with E-state index >= 15 is 0 Å². The van der Waals surface area contributed by atoms with Gasteiger partial charge in [-0.3, -0.25) is 19.7 Å². The first kappa shape index (κ1) is 19.5. The standard InChI is InChI=1S/C18H18F2N4O4/c1-22(10-12-3-6-16(28-18(19)20)17(7-12)27-2)11-23-15-8-14(24(25)26)5-4-13(15)9-21-23/h3-9,18H,10-11H2,1-2H3. The number of aromatic nitrogens is 2. The number of nitro groups is 1. The number of rotatable bonds is 8. The summed E-state index contributed by atoms with van der Waals surface area (Å²) in [7, 11) is 3.23. The highest BCUT2D eigenvalue weighted by Gasteiger charge is 2.14. The highest BCUT2D eigenvalue weighted by Crippen LogP contribution is 2.30. The molecule has 3 rings (SSSR count). The van der Waals surface area contributed by atoms with Gasteiger partial charge in [0.15, 0.2) is 11.5 Å². The van der Waals surface area contributed by atoms with Crippen LogP contribution in [0.15, 0.2) is 42.6 Å². The smallest absolute Gasteiger partial charge is 0.387 e. The lowest BCUT2D eigenvalue weighted by atomic mass is 10.2. The van der Waals surface area contributed by atoms with Crippen LogP contribution in [0.5, 0.6) is 11.5 Å². The molecule has 0 aliphatic heterocycles. The summed E-state index contributed by atoms with van der Waals surface area (Å²) in [5.41, 5.74) is 1.47. The SMILES string of the molecule is COc1cc(CN(C)Cn2ncc3ccc([N+](=O)[O-])cc32)ccc1OC(F)F. The summed E-state index contributed by atoms with van der Waals surface area (Å²) in [4.78, 5) is 12.5. The molecule has 28 heavy (non-hydrogen) atoms. The van der Waals surface area contributed by atoms with Crippen molar-refractivity contribution in [2.24, 2.45) is 0 Å². The molecule has 0 fully saturated rings. The Kier molecular flexibility index (Phi) is 5.69. The van der Waals surface area contributed by atoms with Crippen LogP contribution >= 0.6 is 0 Å². The third-order valence-electron chi connectivity index (χ3n) is 4.11. The molecule has 0 amide bonds. The fourth-order valence-corrected chi connectivity index (χ4v) is 2.88. The van der Waals surface area contributed by atoms with Gasteiger partial charge in [0.2, 0.25) is 0 Å². The monoisotopic (exact) mass is 392 g/mol. The molecule has 0 unspecified atom stereocenters. The van der Waals surface area contributed by atoms with Gasteiger partial charge in [-0.05, 0) is 30.8 Å². The van der Waals surface area contributed by atoms with E-state index in [4.69, 9.17) is 4.74 Å². The van der Waals surface area contributed by atoms with Gasteiger partial charge in [0.05, 0.1) is 30.4 Å². The van der Waals surface area contributed by atoms with Crippen LogP contribution in [0.2, 0.25) is 0 Å². The summed E-state index contributed by atoms with van der Waals surface area (Å²) in [6.07, 6.45) is 1.65. The first-order valence-electron chi connectivity index (χ1n) is 8.27. The molecule has 0 atom stereocenters. The minimum atomic E-state index is -2.93. The normalized spacial score (nSPS) is 11.4. The molecule has 0 aliphatic carbocycles. The molecule has 2 aromatic carbocycles. The van der Waals surface area contributed by atoms with Crippen LogP contribution in [0.4, 0.5) is 14.5 Å². The Morgan fingerprint density at radius 2 is 2.04 bits per heavy atom. The zero-order chi connectivity index (χ0) is 20.3. The van der Waals surface area contributed by atoms with Gasteiger partial charge in [-0.25, -0.2) is 0 Å². The predicted octanol–water partition coefficient (Wildman–Crippen LogP) is 3.64. The summed E-state index contributed by atoms with van der Waals surface area (Å²) >= 11 is 0. The topological polar surface area (TPSA) is 82.7 Å². The molecule has 0 spiro atoms. The maximum atomic E-state index is 12.4. The highest BCUT2D eigenvalue weighted by molar-refractivity contribution is 5.80. The summed E-state index contributed by atoms with van der Waals surface area (Å²) < 4.78 is 36.0. The third kappa shape index (κ3) is 4.34. The van der Waals surface area contributed by atoms with Crippen molar-refractivity contribution in [3.63, 3.8) is 0 Å². The third-order valence-corrected chi connectivity index (χ3v) is 4.11. The van der Waals surface area contributed by atoms with E-state index in [0.717, 1.165) is 10.9 Å². The molecule has 0 saturated carbocycles. The Balaban J connectivity index is 1.75. The van der Waals surface area contributed by atoms with Crippen LogP contribution in [0.25, 0.3) is 10.9 Å². The minimum absolute atomic E-state index is 0.00346. The van der Waals surface area contributed by atoms with Crippen molar-refractivity contribution >= 4 is 16.6 Å². The number of halogens is 2. The van der Waals surface area contributed by atoms with E-state index < -0.39 is 11.5 Å². The van der Waals surface area contributed by atoms with Crippen LogP contribution in [-0.2, 0) is 13.2 Å². The van der Waals surface area contributed by atoms with E-state index in [1.165, 1.54) is 25.3 Å². The van der Waals surface area contributed by atoms with Crippen molar-refractivity contribution in [3.8, 4) is 11.5 Å². The number of fused-ring (bicyclic) bond motifs is 1. The number of hydrogen-bond acceptors (Lipinski definition) is 6. The number of methoxy groups -OCH3 is 1. The molecule has 0 saturated heterocycles. The van der Waals surface area contributed by atoms with Gasteiger partial charge in [-0.1, -0.05) is 6.07 Å². The molecule has 0 aliphatic rings. The van der Waals surface area contributed by atoms with Gasteiger partial charge in [-0.2, -0.15) is 13.9 Å². The average molecular weight is 392 g/mol. The molecular formula is C18H18F2N4O4. The number of hydrogen-bond donors (Lipinski definition) is 0. The van der Waals surface area contributed by atoms with Crippen LogP contribution in [0.1, 0.15) is 5.56 Å². The van der Waals surface area contributed by atoms with E-state index in [9.17, 15) is 18.9 Å². The lowest BCUT2D eigenvalue weighted by Crippen LogP contribution is -2.22. The van der Waals surface area contributed by atoms with Crippen molar-refractivity contribution in [1.82, 2.24) is 14.7 Å². The van der Waals surface area contributed by atoms with E-state index in [-0.39, 0.29) is 17.2 Å². The summed E-state index contributed by atoms with van der Waals surface area (Å²) in [5, 5.41) is 16.1. The van der Waals surface area contributed by atoms with Gasteiger partial charge in [-0.15, -0.1) is 0 Å². The Morgan fingerprint density at radius 3 is 2.71 bits per heavy atom. The van der Waals surface area contributed by atoms with E-state index in [1.54, 1.807) is 29.1 Å². The van der Waals surface area contributed by atoms with E-state index in [0.29, 0.717) is 18.7 Å². The number of non-ortho nitro benzene ring substituents is 1. The summed E-state index contributed by atoms with van der Waals surface area (Å²) in [6, 6.07) is 9.30. The lowest BCUT2D eigenvalue weighted by molar-refractivity contribution is -0.384. The molecule has 1 aromatic heterocycles. The molecule has 0 radical (unpaired) electrons. The minimum Gasteiger partial charge on any atom is -0.493 e. The second-order valence-corrected chi connectivity index (χ2v) is 6.16. The maximum Gasteiger partial charge on any atom is 0.387 e. The predicted molar refractivity (Wildman–Crippen MR) is 97.5 cm³/mol. The Labute approximate surface area is 159 Å². The fourth-order valence-electron chi connectivity index (χ4n) is 2.88. The molecule has 0 N–H and O–H groups in total. The zero-order valence-electron chi connectivity index (χ0n) is 15.2. The Bertz CT molecular complexity index is 993. The Morgan fingerprint density at radius 1 is 1.25 bits per heavy atom. The second kappa shape index (κ2) is 8.17. The van der Waals surface area contributed by atoms with Crippen LogP contribution in [-0.4, -0.2) is 40.4 Å². The van der Waals surface area contributed by atoms with Crippen molar-refractivity contribution in [1.29, 1.82) is 0 Å². The quantitative estimate of drug-likeness (QED) is 0.430. The van der Waals surface area contributed by atoms with Gasteiger partial charge in [0, 0.05) is 24.1 Å². The van der Waals surface area contributed by atoms with Crippen LogP contribution < -0.4 is 9.47 Å². The number of alkyl halides is 2. The van der Waals surface area contributed by atoms with Gasteiger partial charge >= 0.3 is 6.61 Å². The molecular weight excluding hydrogens is 374 g/mol. The number of ether oxygens (including phenoxy) is 2. The second-order valence-electron chi connectivity index (χ2n) is 6.16. The number of benzene rings is 2. The van der Waals surface area contributed by atoms with Gasteiger partial charge in [0.25, 0.3) is 5.69 Å². The first-order chi connectivity index (χ1) is 13.4. The van der Waals surface area contributed by atoms with Crippen LogP contribution in [0.3, 0.4) is 0 Å². The molecule has 3 aromatic rings. The van der Waals surface area contributed by atoms with Crippen molar-refractivity contribution < 1.29 is 23.2 Å². The average Bonchev–Trinajstić information content (AvgIpc) is 3.04. The van der Waals surface area contributed by atoms with Crippen molar-refractivity contribution in [3.05, 3.63) is 58.3 Å². The molecule has 8 nitrogen and oxygen atoms in total. The van der Waals surface area contributed by atoms with Gasteiger partial charge < -0.3 is 9.47 Å². The molecule has 10 heteroatoms. The first-order valence-corrected chi connectivity index (χ1v) is 8.27. The Hall–Kier alpha value is -3.27. The van der Waals surface area contributed by atoms with Gasteiger partial charge in [0.1, 0.15) is 0 Å². The number of nitro benzene ring substituents is 1. The molecule has 148 valence electrons. The lowest BCUT2D eigenvalue weighted by Gasteiger charge is -2.18. The molecule has 0 bridgehead atoms. The highest BCUT2D eigenvalue weighted by atomic mass is 19.3. The van der Waals surface area contributed by atoms with Crippen LogP contribution in [0, 0.1) is 10.1 Å². The van der Waals surface area contributed by atoms with E-state index in [2.05, 4.69) is 9.84 Å².